The number of hydrogen-bond acceptors (Lipinski definition) is 3. The third-order valence-electron chi connectivity index (χ3n) is 2.03. The van der Waals surface area contributed by atoms with Crippen LogP contribution in [0.5, 0.6) is 0 Å². The average Bonchev–Trinajstić information content (AvgIpc) is 2.36. The van der Waals surface area contributed by atoms with E-state index in [1.165, 1.54) is 4.90 Å². The van der Waals surface area contributed by atoms with Gasteiger partial charge in [-0.25, -0.2) is 4.99 Å². The molecule has 0 atom stereocenters. The summed E-state index contributed by atoms with van der Waals surface area (Å²) >= 11 is 0. The van der Waals surface area contributed by atoms with Crippen LogP contribution in [-0.4, -0.2) is 63.7 Å². The van der Waals surface area contributed by atoms with Crippen LogP contribution in [0.4, 0.5) is 0 Å². The summed E-state index contributed by atoms with van der Waals surface area (Å²) in [6.45, 7) is 8.22. The lowest BCUT2D eigenvalue weighted by Gasteiger charge is -2.12. The molecule has 0 aliphatic rings. The minimum absolute atomic E-state index is 0. The number of halogens is 1. The number of amides is 1. The molecular formula is C12H25IN4O2. The molecule has 0 bridgehead atoms. The lowest BCUT2D eigenvalue weighted by Crippen LogP contribution is -2.40. The number of nitrogens with zero attached hydrogens (tertiary/aromatic N) is 2. The van der Waals surface area contributed by atoms with Gasteiger partial charge in [-0.3, -0.25) is 4.79 Å². The molecule has 6 nitrogen and oxygen atoms in total. The lowest BCUT2D eigenvalue weighted by molar-refractivity contribution is -0.127. The predicted octanol–water partition coefficient (Wildman–Crippen LogP) is 0.450. The number of carbonyl (C=O) groups excluding carboxylic acids is 1. The first-order valence-electron chi connectivity index (χ1n) is 6.02. The van der Waals surface area contributed by atoms with Gasteiger partial charge in [0.15, 0.2) is 5.96 Å². The lowest BCUT2D eigenvalue weighted by atomic mass is 10.5. The van der Waals surface area contributed by atoms with Crippen molar-refractivity contribution in [3.63, 3.8) is 0 Å². The average molecular weight is 384 g/mol. The van der Waals surface area contributed by atoms with Crippen molar-refractivity contribution in [1.29, 1.82) is 0 Å². The van der Waals surface area contributed by atoms with Crippen molar-refractivity contribution >= 4 is 35.8 Å². The Labute approximate surface area is 132 Å². The van der Waals surface area contributed by atoms with Gasteiger partial charge in [0.25, 0.3) is 0 Å². The summed E-state index contributed by atoms with van der Waals surface area (Å²) in [5.74, 6) is 0.546. The fourth-order valence-corrected chi connectivity index (χ4v) is 1.02. The summed E-state index contributed by atoms with van der Waals surface area (Å²) in [6.07, 6.45) is 1.73. The molecule has 0 radical (unpaired) electrons. The molecule has 0 saturated heterocycles. The smallest absolute Gasteiger partial charge is 0.243 e. The van der Waals surface area contributed by atoms with Gasteiger partial charge in [0, 0.05) is 33.8 Å². The molecule has 0 rings (SSSR count). The molecule has 0 spiro atoms. The maximum atomic E-state index is 11.4. The van der Waals surface area contributed by atoms with Crippen LogP contribution in [0.25, 0.3) is 0 Å². The van der Waals surface area contributed by atoms with Gasteiger partial charge in [0.2, 0.25) is 5.91 Å². The Hall–Kier alpha value is -0.830. The van der Waals surface area contributed by atoms with Crippen LogP contribution in [0.1, 0.15) is 6.92 Å². The molecule has 0 aliphatic carbocycles. The Balaban J connectivity index is 0. The number of aliphatic imine (C=N–C) groups is 1. The number of ether oxygens (including phenoxy) is 1. The third kappa shape index (κ3) is 12.0. The first-order valence-corrected chi connectivity index (χ1v) is 6.02. The molecule has 0 unspecified atom stereocenters. The summed E-state index contributed by atoms with van der Waals surface area (Å²) in [6, 6.07) is 0. The van der Waals surface area contributed by atoms with Crippen molar-refractivity contribution in [2.24, 2.45) is 4.99 Å². The van der Waals surface area contributed by atoms with E-state index in [-0.39, 0.29) is 36.4 Å². The molecule has 0 fully saturated rings. The summed E-state index contributed by atoms with van der Waals surface area (Å²) in [7, 11) is 3.41. The Morgan fingerprint density at radius 3 is 2.63 bits per heavy atom. The Morgan fingerprint density at radius 2 is 2.11 bits per heavy atom. The highest BCUT2D eigenvalue weighted by atomic mass is 127. The number of rotatable bonds is 8. The van der Waals surface area contributed by atoms with Gasteiger partial charge in [-0.05, 0) is 6.92 Å². The van der Waals surface area contributed by atoms with E-state index < -0.39 is 0 Å². The largest absolute Gasteiger partial charge is 0.380 e. The van der Waals surface area contributed by atoms with E-state index in [9.17, 15) is 4.79 Å². The van der Waals surface area contributed by atoms with Crippen molar-refractivity contribution in [1.82, 2.24) is 15.5 Å². The van der Waals surface area contributed by atoms with Crippen LogP contribution in [0.3, 0.4) is 0 Å². The summed E-state index contributed by atoms with van der Waals surface area (Å²) in [4.78, 5) is 17.1. The zero-order valence-corrected chi connectivity index (χ0v) is 14.3. The molecule has 0 aromatic heterocycles. The van der Waals surface area contributed by atoms with Crippen molar-refractivity contribution in [3.8, 4) is 0 Å². The van der Waals surface area contributed by atoms with Crippen LogP contribution in [-0.2, 0) is 9.53 Å². The van der Waals surface area contributed by atoms with Crippen molar-refractivity contribution in [2.75, 3.05) is 46.9 Å². The van der Waals surface area contributed by atoms with E-state index in [0.29, 0.717) is 32.3 Å². The van der Waals surface area contributed by atoms with Crippen molar-refractivity contribution < 1.29 is 9.53 Å². The molecule has 7 heteroatoms. The highest BCUT2D eigenvalue weighted by Crippen LogP contribution is 1.81. The first kappa shape index (κ1) is 20.5. The molecular weight excluding hydrogens is 359 g/mol. The van der Waals surface area contributed by atoms with Gasteiger partial charge in [-0.2, -0.15) is 0 Å². The maximum absolute atomic E-state index is 11.4. The quantitative estimate of drug-likeness (QED) is 0.210. The number of nitrogens with one attached hydrogen (secondary N) is 2. The van der Waals surface area contributed by atoms with Gasteiger partial charge in [-0.15, -0.1) is 30.6 Å². The number of likely N-dealkylation sites (N-methyl/N-ethyl adjacent to an activating group) is 1. The van der Waals surface area contributed by atoms with Crippen LogP contribution in [0.15, 0.2) is 17.6 Å². The minimum Gasteiger partial charge on any atom is -0.380 e. The molecule has 0 saturated carbocycles. The molecule has 0 heterocycles. The van der Waals surface area contributed by atoms with E-state index in [1.54, 1.807) is 20.2 Å². The van der Waals surface area contributed by atoms with E-state index in [0.717, 1.165) is 0 Å². The summed E-state index contributed by atoms with van der Waals surface area (Å²) in [5, 5.41) is 6.11. The molecule has 112 valence electrons. The molecule has 19 heavy (non-hydrogen) atoms. The highest BCUT2D eigenvalue weighted by molar-refractivity contribution is 14.0. The molecule has 1 amide bonds. The summed E-state index contributed by atoms with van der Waals surface area (Å²) in [5.41, 5.74) is 0. The second-order valence-electron chi connectivity index (χ2n) is 3.75. The normalized spacial score (nSPS) is 10.4. The maximum Gasteiger partial charge on any atom is 0.243 e. The zero-order chi connectivity index (χ0) is 13.8. The van der Waals surface area contributed by atoms with Gasteiger partial charge in [0.05, 0.1) is 6.61 Å². The van der Waals surface area contributed by atoms with Gasteiger partial charge < -0.3 is 20.3 Å². The van der Waals surface area contributed by atoms with Crippen LogP contribution in [0.2, 0.25) is 0 Å². The standard InChI is InChI=1S/C12H24N4O2.HI/c1-5-7-13-12(14-8-9-18-6-2)15-10-11(17)16(3)4;/h5H,1,6-10H2,2-4H3,(H2,13,14,15);1H. The third-order valence-corrected chi connectivity index (χ3v) is 2.03. The van der Waals surface area contributed by atoms with E-state index >= 15 is 0 Å². The van der Waals surface area contributed by atoms with E-state index in [4.69, 9.17) is 4.74 Å². The van der Waals surface area contributed by atoms with Crippen LogP contribution < -0.4 is 10.6 Å². The Kier molecular flexibility index (Phi) is 14.7. The van der Waals surface area contributed by atoms with Crippen LogP contribution >= 0.6 is 24.0 Å². The highest BCUT2D eigenvalue weighted by Gasteiger charge is 2.03. The molecule has 2 N–H and O–H groups in total. The van der Waals surface area contributed by atoms with Crippen LogP contribution in [0, 0.1) is 0 Å². The fraction of sp³-hybridized carbons (Fsp3) is 0.667. The monoisotopic (exact) mass is 384 g/mol. The van der Waals surface area contributed by atoms with Gasteiger partial charge in [-0.1, -0.05) is 6.08 Å². The molecule has 0 aromatic rings. The Bertz CT molecular complexity index is 283. The second kappa shape index (κ2) is 13.6. The molecule has 0 aliphatic heterocycles. The number of carbonyl (C=O) groups is 1. The number of guanidine groups is 1. The fourth-order valence-electron chi connectivity index (χ4n) is 1.02. The second-order valence-corrected chi connectivity index (χ2v) is 3.75. The first-order chi connectivity index (χ1) is 8.61. The SMILES string of the molecule is C=CCNC(=NCC(=O)N(C)C)NCCOCC.I. The van der Waals surface area contributed by atoms with Gasteiger partial charge >= 0.3 is 0 Å². The van der Waals surface area contributed by atoms with Crippen molar-refractivity contribution in [3.05, 3.63) is 12.7 Å². The van der Waals surface area contributed by atoms with Gasteiger partial charge in [0.1, 0.15) is 6.54 Å². The summed E-state index contributed by atoms with van der Waals surface area (Å²) < 4.78 is 5.21. The minimum atomic E-state index is -0.0421. The Morgan fingerprint density at radius 1 is 1.42 bits per heavy atom. The zero-order valence-electron chi connectivity index (χ0n) is 11.9. The van der Waals surface area contributed by atoms with Crippen molar-refractivity contribution in [2.45, 2.75) is 6.92 Å². The number of hydrogen-bond donors (Lipinski definition) is 2. The van der Waals surface area contributed by atoms with E-state index in [2.05, 4.69) is 22.2 Å². The van der Waals surface area contributed by atoms with E-state index in [1.807, 2.05) is 6.92 Å². The topological polar surface area (TPSA) is 66.0 Å². The predicted molar refractivity (Wildman–Crippen MR) is 89.1 cm³/mol. The molecule has 0 aromatic carbocycles.